The minimum atomic E-state index is -0.979. The molecular formula is C24H23ClN4O4S. The number of unbranched alkanes of at least 4 members (excludes halogenated alkanes) is 1. The highest BCUT2D eigenvalue weighted by atomic mass is 35.5. The van der Waals surface area contributed by atoms with E-state index >= 15 is 0 Å². The molecule has 2 aromatic carbocycles. The molecule has 1 amide bonds. The first kappa shape index (κ1) is 24.0. The molecule has 34 heavy (non-hydrogen) atoms. The summed E-state index contributed by atoms with van der Waals surface area (Å²) in [5.74, 6) is 0.634. The zero-order chi connectivity index (χ0) is 24.2. The van der Waals surface area contributed by atoms with Gasteiger partial charge < -0.3 is 9.47 Å². The third-order valence-corrected chi connectivity index (χ3v) is 6.34. The van der Waals surface area contributed by atoms with Gasteiger partial charge in [0, 0.05) is 35.7 Å². The molecule has 1 aromatic heterocycles. The molecule has 0 spiro atoms. The molecule has 0 bridgehead atoms. The molecule has 0 aliphatic carbocycles. The van der Waals surface area contributed by atoms with E-state index in [0.717, 1.165) is 18.6 Å². The van der Waals surface area contributed by atoms with Crippen LogP contribution in [0.4, 0.5) is 5.69 Å². The molecule has 3 aromatic rings. The Morgan fingerprint density at radius 3 is 2.71 bits per heavy atom. The Morgan fingerprint density at radius 1 is 1.18 bits per heavy atom. The Kier molecular flexibility index (Phi) is 7.33. The Bertz CT molecular complexity index is 1240. The number of benzene rings is 2. The van der Waals surface area contributed by atoms with Crippen molar-refractivity contribution in [1.82, 2.24) is 15.2 Å². The van der Waals surface area contributed by atoms with Crippen molar-refractivity contribution in [3.8, 4) is 22.9 Å². The predicted molar refractivity (Wildman–Crippen MR) is 130 cm³/mol. The van der Waals surface area contributed by atoms with Crippen molar-refractivity contribution in [2.45, 2.75) is 45.0 Å². The average molecular weight is 499 g/mol. The molecule has 0 radical (unpaired) electrons. The lowest BCUT2D eigenvalue weighted by Gasteiger charge is -2.30. The predicted octanol–water partition coefficient (Wildman–Crippen LogP) is 5.45. The van der Waals surface area contributed by atoms with Crippen LogP contribution < -0.4 is 14.4 Å². The van der Waals surface area contributed by atoms with E-state index in [0.29, 0.717) is 32.7 Å². The fourth-order valence-corrected chi connectivity index (χ4v) is 4.64. The normalized spacial score (nSPS) is 14.5. The van der Waals surface area contributed by atoms with Gasteiger partial charge in [0.2, 0.25) is 23.2 Å². The van der Waals surface area contributed by atoms with Gasteiger partial charge in [0.05, 0.1) is 5.69 Å². The van der Waals surface area contributed by atoms with Gasteiger partial charge in [0.1, 0.15) is 5.75 Å². The molecule has 0 fully saturated rings. The first-order chi connectivity index (χ1) is 16.4. The third kappa shape index (κ3) is 5.00. The summed E-state index contributed by atoms with van der Waals surface area (Å²) in [5.41, 5.74) is 2.11. The summed E-state index contributed by atoms with van der Waals surface area (Å²) in [6.07, 6.45) is 1.10. The number of halogens is 1. The number of carbonyl (C=O) groups is 2. The quantitative estimate of drug-likeness (QED) is 0.191. The zero-order valence-corrected chi connectivity index (χ0v) is 20.5. The Morgan fingerprint density at radius 2 is 1.97 bits per heavy atom. The van der Waals surface area contributed by atoms with Gasteiger partial charge in [-0.3, -0.25) is 14.5 Å². The van der Waals surface area contributed by atoms with Crippen molar-refractivity contribution in [2.75, 3.05) is 10.7 Å². The van der Waals surface area contributed by atoms with Crippen LogP contribution in [0.25, 0.3) is 11.3 Å². The van der Waals surface area contributed by atoms with Crippen LogP contribution in [-0.4, -0.2) is 32.8 Å². The molecule has 8 nitrogen and oxygen atoms in total. The van der Waals surface area contributed by atoms with Crippen molar-refractivity contribution in [1.29, 1.82) is 0 Å². The second-order valence-electron chi connectivity index (χ2n) is 7.60. The molecule has 10 heteroatoms. The highest BCUT2D eigenvalue weighted by Crippen LogP contribution is 2.45. The number of esters is 1. The van der Waals surface area contributed by atoms with Gasteiger partial charge in [-0.25, -0.2) is 0 Å². The maximum atomic E-state index is 12.9. The molecular weight excluding hydrogens is 476 g/mol. The summed E-state index contributed by atoms with van der Waals surface area (Å²) in [6, 6.07) is 12.1. The van der Waals surface area contributed by atoms with Crippen LogP contribution in [0.1, 0.15) is 45.4 Å². The summed E-state index contributed by atoms with van der Waals surface area (Å²) >= 11 is 8.04. The number of hydrogen-bond donors (Lipinski definition) is 0. The van der Waals surface area contributed by atoms with Crippen LogP contribution in [0.15, 0.2) is 47.6 Å². The van der Waals surface area contributed by atoms with Gasteiger partial charge in [-0.1, -0.05) is 54.9 Å². The maximum Gasteiger partial charge on any atom is 0.308 e. The Hall–Kier alpha value is -3.17. The highest BCUT2D eigenvalue weighted by molar-refractivity contribution is 7.99. The van der Waals surface area contributed by atoms with E-state index in [1.165, 1.54) is 30.5 Å². The molecule has 2 heterocycles. The number of rotatable bonds is 6. The minimum absolute atomic E-state index is 0.240. The fraction of sp³-hybridized carbons (Fsp3) is 0.292. The number of fused-ring (bicyclic) bond motifs is 3. The molecule has 0 saturated carbocycles. The fourth-order valence-electron chi connectivity index (χ4n) is 3.56. The van der Waals surface area contributed by atoms with Gasteiger partial charge in [-0.2, -0.15) is 4.98 Å². The molecule has 1 aliphatic heterocycles. The van der Waals surface area contributed by atoms with Crippen LogP contribution in [0.2, 0.25) is 5.02 Å². The number of aromatic nitrogens is 3. The SMILES string of the molecule is CCCCSc1nnc2c(n1)OC(c1cc(OC(C)=O)ccc1Cl)N(C(C)=O)c1ccccc1-2. The third-order valence-electron chi connectivity index (χ3n) is 5.08. The smallest absolute Gasteiger partial charge is 0.308 e. The zero-order valence-electron chi connectivity index (χ0n) is 18.9. The van der Waals surface area contributed by atoms with E-state index in [1.807, 2.05) is 18.2 Å². The van der Waals surface area contributed by atoms with Crippen molar-refractivity contribution < 1.29 is 19.1 Å². The summed E-state index contributed by atoms with van der Waals surface area (Å²) in [4.78, 5) is 30.5. The lowest BCUT2D eigenvalue weighted by atomic mass is 10.1. The molecule has 0 saturated heterocycles. The van der Waals surface area contributed by atoms with Crippen LogP contribution in [0.5, 0.6) is 11.6 Å². The number of thioether (sulfide) groups is 1. The number of nitrogens with zero attached hydrogens (tertiary/aromatic N) is 4. The summed E-state index contributed by atoms with van der Waals surface area (Å²) in [7, 11) is 0. The topological polar surface area (TPSA) is 94.5 Å². The van der Waals surface area contributed by atoms with Gasteiger partial charge in [0.15, 0.2) is 5.69 Å². The van der Waals surface area contributed by atoms with Crippen LogP contribution in [0.3, 0.4) is 0 Å². The van der Waals surface area contributed by atoms with Crippen molar-refractivity contribution in [3.05, 3.63) is 53.1 Å². The average Bonchev–Trinajstić information content (AvgIpc) is 2.94. The minimum Gasteiger partial charge on any atom is -0.447 e. The lowest BCUT2D eigenvalue weighted by Crippen LogP contribution is -2.36. The van der Waals surface area contributed by atoms with Crippen LogP contribution in [-0.2, 0) is 9.59 Å². The standard InChI is InChI=1S/C24H23ClN4O4S/c1-4-5-12-34-24-26-22-21(27-28-24)17-8-6-7-9-20(17)29(14(2)30)23(33-22)18-13-16(32-15(3)31)10-11-19(18)25/h6-11,13,23H,4-5,12H2,1-3H3. The molecule has 1 atom stereocenters. The number of anilines is 1. The summed E-state index contributed by atoms with van der Waals surface area (Å²) < 4.78 is 11.6. The number of ether oxygens (including phenoxy) is 2. The monoisotopic (exact) mass is 498 g/mol. The number of para-hydroxylation sites is 1. The number of carbonyl (C=O) groups excluding carboxylic acids is 2. The number of amides is 1. The Balaban J connectivity index is 1.87. The second-order valence-corrected chi connectivity index (χ2v) is 9.07. The van der Waals surface area contributed by atoms with Gasteiger partial charge in [-0.15, -0.1) is 10.2 Å². The van der Waals surface area contributed by atoms with E-state index in [-0.39, 0.29) is 17.5 Å². The van der Waals surface area contributed by atoms with Crippen LogP contribution >= 0.6 is 23.4 Å². The van der Waals surface area contributed by atoms with E-state index in [9.17, 15) is 9.59 Å². The second kappa shape index (κ2) is 10.4. The molecule has 1 unspecified atom stereocenters. The largest absolute Gasteiger partial charge is 0.447 e. The van der Waals surface area contributed by atoms with E-state index < -0.39 is 12.2 Å². The number of hydrogen-bond acceptors (Lipinski definition) is 8. The van der Waals surface area contributed by atoms with Crippen molar-refractivity contribution in [2.24, 2.45) is 0 Å². The molecule has 1 aliphatic rings. The van der Waals surface area contributed by atoms with E-state index in [4.69, 9.17) is 21.1 Å². The maximum absolute atomic E-state index is 12.9. The molecule has 176 valence electrons. The first-order valence-corrected chi connectivity index (χ1v) is 12.2. The summed E-state index contributed by atoms with van der Waals surface area (Å²) in [5, 5.41) is 9.50. The van der Waals surface area contributed by atoms with Crippen LogP contribution in [0, 0.1) is 0 Å². The molecule has 4 rings (SSSR count). The van der Waals surface area contributed by atoms with Crippen molar-refractivity contribution >= 4 is 40.9 Å². The first-order valence-electron chi connectivity index (χ1n) is 10.8. The Labute approximate surface area is 206 Å². The van der Waals surface area contributed by atoms with Crippen molar-refractivity contribution in [3.63, 3.8) is 0 Å². The molecule has 0 N–H and O–H groups in total. The highest BCUT2D eigenvalue weighted by Gasteiger charge is 2.35. The summed E-state index contributed by atoms with van der Waals surface area (Å²) in [6.45, 7) is 4.87. The van der Waals surface area contributed by atoms with E-state index in [2.05, 4.69) is 22.1 Å². The van der Waals surface area contributed by atoms with Gasteiger partial charge in [-0.05, 0) is 30.7 Å². The van der Waals surface area contributed by atoms with Gasteiger partial charge in [0.25, 0.3) is 0 Å². The lowest BCUT2D eigenvalue weighted by molar-refractivity contribution is -0.131. The van der Waals surface area contributed by atoms with E-state index in [1.54, 1.807) is 24.3 Å². The van der Waals surface area contributed by atoms with Gasteiger partial charge >= 0.3 is 5.97 Å².